The summed E-state index contributed by atoms with van der Waals surface area (Å²) in [6, 6.07) is 0. The Morgan fingerprint density at radius 2 is 2.00 bits per heavy atom. The van der Waals surface area contributed by atoms with Crippen molar-refractivity contribution < 1.29 is 19.8 Å². The van der Waals surface area contributed by atoms with Crippen LogP contribution in [0.2, 0.25) is 0 Å². The molecular weight excluding hydrogens is 248 g/mol. The number of carboxylic acids is 1. The van der Waals surface area contributed by atoms with Gasteiger partial charge in [-0.25, -0.2) is 0 Å². The van der Waals surface area contributed by atoms with Crippen LogP contribution in [0.25, 0.3) is 0 Å². The van der Waals surface area contributed by atoms with E-state index >= 15 is 0 Å². The monoisotopic (exact) mass is 274 g/mol. The summed E-state index contributed by atoms with van der Waals surface area (Å²) in [7, 11) is 0. The lowest BCUT2D eigenvalue weighted by atomic mass is 9.96. The van der Waals surface area contributed by atoms with Gasteiger partial charge in [-0.2, -0.15) is 0 Å². The fraction of sp³-hybridized carbons (Fsp3) is 0.846. The lowest BCUT2D eigenvalue weighted by molar-refractivity contribution is -0.142. The minimum atomic E-state index is -1.41. The number of carboxylic acid groups (broad SMARTS) is 1. The summed E-state index contributed by atoms with van der Waals surface area (Å²) in [6.07, 6.45) is 2.64. The Kier molecular flexibility index (Phi) is 8.34. The quantitative estimate of drug-likeness (QED) is 0.463. The lowest BCUT2D eigenvalue weighted by Gasteiger charge is -2.21. The maximum absolute atomic E-state index is 11.6. The third-order valence-electron chi connectivity index (χ3n) is 3.13. The molecule has 0 bridgehead atoms. The molecule has 19 heavy (non-hydrogen) atoms. The third-order valence-corrected chi connectivity index (χ3v) is 3.13. The highest BCUT2D eigenvalue weighted by Crippen LogP contribution is 2.14. The number of nitrogens with one attached hydrogen (secondary N) is 1. The van der Waals surface area contributed by atoms with E-state index in [1.165, 1.54) is 6.92 Å². The molecule has 0 saturated carbocycles. The van der Waals surface area contributed by atoms with E-state index in [2.05, 4.69) is 12.2 Å². The SMILES string of the molecule is CCC(CCN)CCC(=O)NCC(C)(O)CC(=O)O. The molecule has 0 aromatic carbocycles. The van der Waals surface area contributed by atoms with Gasteiger partial charge in [-0.3, -0.25) is 9.59 Å². The van der Waals surface area contributed by atoms with Gasteiger partial charge < -0.3 is 21.3 Å². The second kappa shape index (κ2) is 8.87. The molecule has 0 spiro atoms. The number of hydrogen-bond donors (Lipinski definition) is 4. The highest BCUT2D eigenvalue weighted by molar-refractivity contribution is 5.76. The molecule has 6 nitrogen and oxygen atoms in total. The Labute approximate surface area is 114 Å². The zero-order chi connectivity index (χ0) is 14.9. The Morgan fingerprint density at radius 3 is 2.47 bits per heavy atom. The van der Waals surface area contributed by atoms with Crippen molar-refractivity contribution in [2.45, 2.75) is 51.6 Å². The maximum Gasteiger partial charge on any atom is 0.306 e. The van der Waals surface area contributed by atoms with Crippen molar-refractivity contribution in [2.24, 2.45) is 11.7 Å². The van der Waals surface area contributed by atoms with Crippen molar-refractivity contribution in [1.82, 2.24) is 5.32 Å². The average molecular weight is 274 g/mol. The summed E-state index contributed by atoms with van der Waals surface area (Å²) < 4.78 is 0. The molecular formula is C13H26N2O4. The molecule has 0 aromatic heterocycles. The van der Waals surface area contributed by atoms with Crippen LogP contribution < -0.4 is 11.1 Å². The molecule has 0 aliphatic rings. The first-order valence-corrected chi connectivity index (χ1v) is 6.71. The molecule has 0 radical (unpaired) electrons. The van der Waals surface area contributed by atoms with Gasteiger partial charge in [-0.1, -0.05) is 13.3 Å². The Morgan fingerprint density at radius 1 is 1.37 bits per heavy atom. The first-order chi connectivity index (χ1) is 8.80. The molecule has 6 heteroatoms. The molecule has 2 unspecified atom stereocenters. The number of carbonyl (C=O) groups excluding carboxylic acids is 1. The second-order valence-corrected chi connectivity index (χ2v) is 5.23. The molecule has 0 aliphatic heterocycles. The van der Waals surface area contributed by atoms with Crippen molar-refractivity contribution in [3.63, 3.8) is 0 Å². The van der Waals surface area contributed by atoms with Gasteiger partial charge in [0.1, 0.15) is 0 Å². The van der Waals surface area contributed by atoms with Crippen LogP contribution in [0.4, 0.5) is 0 Å². The number of hydrogen-bond acceptors (Lipinski definition) is 4. The van der Waals surface area contributed by atoms with Crippen LogP contribution in [0, 0.1) is 5.92 Å². The van der Waals surface area contributed by atoms with E-state index in [4.69, 9.17) is 10.8 Å². The largest absolute Gasteiger partial charge is 0.481 e. The van der Waals surface area contributed by atoms with Gasteiger partial charge >= 0.3 is 5.97 Å². The van der Waals surface area contributed by atoms with Gasteiger partial charge in [-0.15, -0.1) is 0 Å². The molecule has 5 N–H and O–H groups in total. The second-order valence-electron chi connectivity index (χ2n) is 5.23. The van der Waals surface area contributed by atoms with Crippen molar-refractivity contribution in [3.8, 4) is 0 Å². The summed E-state index contributed by atoms with van der Waals surface area (Å²) in [5.74, 6) is -0.815. The third kappa shape index (κ3) is 9.44. The zero-order valence-electron chi connectivity index (χ0n) is 11.8. The number of aliphatic carboxylic acids is 1. The average Bonchev–Trinajstić information content (AvgIpc) is 2.30. The number of carbonyl (C=O) groups is 2. The Bertz CT molecular complexity index is 292. The summed E-state index contributed by atoms with van der Waals surface area (Å²) in [5, 5.41) is 20.9. The van der Waals surface area contributed by atoms with Crippen molar-refractivity contribution in [3.05, 3.63) is 0 Å². The van der Waals surface area contributed by atoms with Gasteiger partial charge in [0.2, 0.25) is 5.91 Å². The first kappa shape index (κ1) is 17.9. The van der Waals surface area contributed by atoms with Gasteiger partial charge in [-0.05, 0) is 32.2 Å². The minimum Gasteiger partial charge on any atom is -0.481 e. The van der Waals surface area contributed by atoms with E-state index < -0.39 is 18.0 Å². The number of aliphatic hydroxyl groups is 1. The molecule has 0 aliphatic carbocycles. The molecule has 0 heterocycles. The number of nitrogens with two attached hydrogens (primary N) is 1. The van der Waals surface area contributed by atoms with Crippen LogP contribution in [-0.2, 0) is 9.59 Å². The van der Waals surface area contributed by atoms with Crippen LogP contribution in [0.15, 0.2) is 0 Å². The molecule has 0 fully saturated rings. The van der Waals surface area contributed by atoms with Crippen LogP contribution in [-0.4, -0.2) is 40.8 Å². The van der Waals surface area contributed by atoms with E-state index in [1.807, 2.05) is 0 Å². The first-order valence-electron chi connectivity index (χ1n) is 6.71. The highest BCUT2D eigenvalue weighted by atomic mass is 16.4. The van der Waals surface area contributed by atoms with E-state index in [0.29, 0.717) is 18.9 Å². The van der Waals surface area contributed by atoms with E-state index in [0.717, 1.165) is 19.3 Å². The molecule has 0 aromatic rings. The standard InChI is InChI=1S/C13H26N2O4/c1-3-10(6-7-14)4-5-11(16)15-9-13(2,19)8-12(17)18/h10,19H,3-9,14H2,1-2H3,(H,15,16)(H,17,18). The molecule has 0 rings (SSSR count). The van der Waals surface area contributed by atoms with E-state index in [9.17, 15) is 14.7 Å². The van der Waals surface area contributed by atoms with Gasteiger partial charge in [0.25, 0.3) is 0 Å². The van der Waals surface area contributed by atoms with Crippen molar-refractivity contribution in [1.29, 1.82) is 0 Å². The molecule has 0 saturated heterocycles. The normalized spacial score (nSPS) is 15.6. The molecule has 112 valence electrons. The number of rotatable bonds is 10. The van der Waals surface area contributed by atoms with Crippen LogP contribution >= 0.6 is 0 Å². The summed E-state index contributed by atoms with van der Waals surface area (Å²) >= 11 is 0. The van der Waals surface area contributed by atoms with Crippen LogP contribution in [0.3, 0.4) is 0 Å². The predicted octanol–water partition coefficient (Wildman–Crippen LogP) is 0.484. The Balaban J connectivity index is 3.95. The lowest BCUT2D eigenvalue weighted by Crippen LogP contribution is -2.42. The van der Waals surface area contributed by atoms with Crippen molar-refractivity contribution >= 4 is 11.9 Å². The van der Waals surface area contributed by atoms with E-state index in [1.54, 1.807) is 0 Å². The molecule has 2 atom stereocenters. The highest BCUT2D eigenvalue weighted by Gasteiger charge is 2.24. The number of amides is 1. The summed E-state index contributed by atoms with van der Waals surface area (Å²) in [6.45, 7) is 4.03. The predicted molar refractivity (Wildman–Crippen MR) is 72.6 cm³/mol. The van der Waals surface area contributed by atoms with Gasteiger partial charge in [0, 0.05) is 13.0 Å². The van der Waals surface area contributed by atoms with Crippen molar-refractivity contribution in [2.75, 3.05) is 13.1 Å². The maximum atomic E-state index is 11.6. The topological polar surface area (TPSA) is 113 Å². The summed E-state index contributed by atoms with van der Waals surface area (Å²) in [4.78, 5) is 22.1. The molecule has 1 amide bonds. The zero-order valence-corrected chi connectivity index (χ0v) is 11.8. The fourth-order valence-corrected chi connectivity index (χ4v) is 1.89. The van der Waals surface area contributed by atoms with E-state index in [-0.39, 0.29) is 12.5 Å². The Hall–Kier alpha value is -1.14. The van der Waals surface area contributed by atoms with Gasteiger partial charge in [0.15, 0.2) is 0 Å². The smallest absolute Gasteiger partial charge is 0.306 e. The van der Waals surface area contributed by atoms with Crippen LogP contribution in [0.5, 0.6) is 0 Å². The fourth-order valence-electron chi connectivity index (χ4n) is 1.89. The van der Waals surface area contributed by atoms with Crippen LogP contribution in [0.1, 0.15) is 46.0 Å². The minimum absolute atomic E-state index is 0.0498. The van der Waals surface area contributed by atoms with Gasteiger partial charge in [0.05, 0.1) is 12.0 Å². The summed E-state index contributed by atoms with van der Waals surface area (Å²) in [5.41, 5.74) is 4.07.